The van der Waals surface area contributed by atoms with Crippen LogP contribution in [0.3, 0.4) is 0 Å². The van der Waals surface area contributed by atoms with E-state index in [1.54, 1.807) is 0 Å². The summed E-state index contributed by atoms with van der Waals surface area (Å²) in [6, 6.07) is 0. The Morgan fingerprint density at radius 1 is 0.857 bits per heavy atom. The molecule has 0 aromatic rings. The quantitative estimate of drug-likeness (QED) is 0.508. The van der Waals surface area contributed by atoms with E-state index in [2.05, 4.69) is 32.4 Å². The smallest absolute Gasteiger partial charge is 0.202 e. The van der Waals surface area contributed by atoms with Crippen LogP contribution in [0.5, 0.6) is 0 Å². The fourth-order valence-electron chi connectivity index (χ4n) is 0.667. The lowest BCUT2D eigenvalue weighted by molar-refractivity contribution is 1.44. The normalized spacial score (nSPS) is 8.57. The molecule has 0 aliphatic rings. The van der Waals surface area contributed by atoms with E-state index in [4.69, 9.17) is 0 Å². The van der Waals surface area contributed by atoms with E-state index in [1.807, 2.05) is 0 Å². The third kappa shape index (κ3) is 6.09. The molecule has 0 fully saturated rings. The van der Waals surface area contributed by atoms with E-state index in [-0.39, 0.29) is 0 Å². The van der Waals surface area contributed by atoms with Gasteiger partial charge in [-0.15, -0.1) is 0 Å². The molecular formula is C4H13B2N. The Hall–Kier alpha value is 0.0899. The molecule has 3 heteroatoms. The summed E-state index contributed by atoms with van der Waals surface area (Å²) in [5.41, 5.74) is 0. The average molecular weight is 96.8 g/mol. The summed E-state index contributed by atoms with van der Waals surface area (Å²) >= 11 is 0. The molecule has 40 valence electrons. The monoisotopic (exact) mass is 97.1 g/mol. The zero-order chi connectivity index (χ0) is 5.86. The molecule has 0 aliphatic heterocycles. The molecule has 0 atom stereocenters. The van der Waals surface area contributed by atoms with Gasteiger partial charge in [0.1, 0.15) is 0 Å². The first-order valence-electron chi connectivity index (χ1n) is 2.89. The van der Waals surface area contributed by atoms with Gasteiger partial charge in [0.05, 0.1) is 0 Å². The zero-order valence-corrected chi connectivity index (χ0v) is 5.65. The fraction of sp³-hybridized carbons (Fsp3) is 1.00. The maximum atomic E-state index is 3.31. The summed E-state index contributed by atoms with van der Waals surface area (Å²) < 4.78 is 0. The third-order valence-corrected chi connectivity index (χ3v) is 0.667. The Morgan fingerprint density at radius 2 is 1.14 bits per heavy atom. The SMILES string of the molecule is CB(C)NB(C)C. The van der Waals surface area contributed by atoms with Crippen LogP contribution in [0.1, 0.15) is 0 Å². The van der Waals surface area contributed by atoms with Crippen LogP contribution >= 0.6 is 0 Å². The lowest BCUT2D eigenvalue weighted by Crippen LogP contribution is -2.36. The number of hydrogen-bond acceptors (Lipinski definition) is 1. The van der Waals surface area contributed by atoms with Crippen LogP contribution in [0.4, 0.5) is 0 Å². The molecule has 0 bridgehead atoms. The minimum atomic E-state index is 0.625. The highest BCUT2D eigenvalue weighted by Crippen LogP contribution is 1.75. The van der Waals surface area contributed by atoms with E-state index >= 15 is 0 Å². The Balaban J connectivity index is 2.95. The fourth-order valence-corrected chi connectivity index (χ4v) is 0.667. The Bertz CT molecular complexity index is 39.0. The first-order valence-corrected chi connectivity index (χ1v) is 2.89. The van der Waals surface area contributed by atoms with Crippen molar-refractivity contribution in [1.29, 1.82) is 0 Å². The maximum absolute atomic E-state index is 3.31. The number of rotatable bonds is 2. The molecule has 7 heavy (non-hydrogen) atoms. The van der Waals surface area contributed by atoms with Crippen molar-refractivity contribution in [3.8, 4) is 0 Å². The van der Waals surface area contributed by atoms with Crippen LogP contribution in [0.25, 0.3) is 0 Å². The van der Waals surface area contributed by atoms with E-state index in [1.165, 1.54) is 0 Å². The Labute approximate surface area is 47.1 Å². The molecule has 0 unspecified atom stereocenters. The predicted octanol–water partition coefficient (Wildman–Crippen LogP) is 1.08. The van der Waals surface area contributed by atoms with Gasteiger partial charge >= 0.3 is 0 Å². The highest BCUT2D eigenvalue weighted by molar-refractivity contribution is 6.70. The van der Waals surface area contributed by atoms with Crippen molar-refractivity contribution in [2.45, 2.75) is 27.3 Å². The lowest BCUT2D eigenvalue weighted by atomic mass is 9.55. The molecule has 0 aromatic carbocycles. The standard InChI is InChI=1S/C4H13B2N/c1-5(2)7-6(3)4/h7H,1-4H3. The second-order valence-corrected chi connectivity index (χ2v) is 2.48. The van der Waals surface area contributed by atoms with Crippen LogP contribution in [0, 0.1) is 0 Å². The average Bonchev–Trinajstić information content (AvgIpc) is 1.27. The van der Waals surface area contributed by atoms with Gasteiger partial charge in [-0.1, -0.05) is 27.3 Å². The zero-order valence-electron chi connectivity index (χ0n) is 5.65. The van der Waals surface area contributed by atoms with Crippen molar-refractivity contribution < 1.29 is 0 Å². The second-order valence-electron chi connectivity index (χ2n) is 2.48. The molecular weight excluding hydrogens is 83.7 g/mol. The van der Waals surface area contributed by atoms with Gasteiger partial charge in [0.2, 0.25) is 13.7 Å². The summed E-state index contributed by atoms with van der Waals surface area (Å²) in [5.74, 6) is 0. The first-order chi connectivity index (χ1) is 3.13. The van der Waals surface area contributed by atoms with E-state index in [9.17, 15) is 0 Å². The molecule has 0 spiro atoms. The summed E-state index contributed by atoms with van der Waals surface area (Å²) in [6.45, 7) is 9.86. The summed E-state index contributed by atoms with van der Waals surface area (Å²) in [7, 11) is 0. The highest BCUT2D eigenvalue weighted by Gasteiger charge is 2.00. The summed E-state index contributed by atoms with van der Waals surface area (Å²) in [4.78, 5) is 0. The molecule has 0 rings (SSSR count). The first kappa shape index (κ1) is 7.09. The molecule has 0 heterocycles. The minimum Gasteiger partial charge on any atom is -0.399 e. The van der Waals surface area contributed by atoms with Crippen LogP contribution < -0.4 is 5.14 Å². The topological polar surface area (TPSA) is 12.0 Å². The predicted molar refractivity (Wildman–Crippen MR) is 38.1 cm³/mol. The minimum absolute atomic E-state index is 0.625. The molecule has 1 nitrogen and oxygen atoms in total. The highest BCUT2D eigenvalue weighted by atomic mass is 14.7. The summed E-state index contributed by atoms with van der Waals surface area (Å²) in [5, 5.41) is 3.31. The maximum Gasteiger partial charge on any atom is 0.202 e. The Kier molecular flexibility index (Phi) is 3.18. The van der Waals surface area contributed by atoms with Crippen molar-refractivity contribution in [2.75, 3.05) is 0 Å². The van der Waals surface area contributed by atoms with Crippen molar-refractivity contribution in [3.63, 3.8) is 0 Å². The van der Waals surface area contributed by atoms with Crippen molar-refractivity contribution in [2.24, 2.45) is 0 Å². The van der Waals surface area contributed by atoms with Crippen molar-refractivity contribution in [3.05, 3.63) is 0 Å². The van der Waals surface area contributed by atoms with Crippen LogP contribution in [-0.4, -0.2) is 13.7 Å². The van der Waals surface area contributed by atoms with Gasteiger partial charge in [0, 0.05) is 0 Å². The van der Waals surface area contributed by atoms with Gasteiger partial charge in [0.15, 0.2) is 0 Å². The van der Waals surface area contributed by atoms with Crippen molar-refractivity contribution in [1.82, 2.24) is 5.14 Å². The van der Waals surface area contributed by atoms with Gasteiger partial charge in [0.25, 0.3) is 0 Å². The molecule has 0 radical (unpaired) electrons. The van der Waals surface area contributed by atoms with Crippen molar-refractivity contribution >= 4 is 13.7 Å². The lowest BCUT2D eigenvalue weighted by Gasteiger charge is -2.04. The van der Waals surface area contributed by atoms with Crippen LogP contribution in [0.15, 0.2) is 0 Å². The molecule has 0 saturated heterocycles. The number of hydrogen-bond donors (Lipinski definition) is 1. The third-order valence-electron chi connectivity index (χ3n) is 0.667. The van der Waals surface area contributed by atoms with Gasteiger partial charge in [-0.3, -0.25) is 0 Å². The largest absolute Gasteiger partial charge is 0.399 e. The summed E-state index contributed by atoms with van der Waals surface area (Å²) in [6.07, 6.45) is 0. The van der Waals surface area contributed by atoms with Gasteiger partial charge in [-0.05, 0) is 0 Å². The molecule has 1 N–H and O–H groups in total. The van der Waals surface area contributed by atoms with Gasteiger partial charge in [-0.25, -0.2) is 0 Å². The Morgan fingerprint density at radius 3 is 1.14 bits per heavy atom. The van der Waals surface area contributed by atoms with Crippen LogP contribution in [0.2, 0.25) is 27.3 Å². The van der Waals surface area contributed by atoms with Gasteiger partial charge in [-0.2, -0.15) is 0 Å². The molecule has 0 aromatic heterocycles. The van der Waals surface area contributed by atoms with E-state index < -0.39 is 0 Å². The second kappa shape index (κ2) is 3.14. The van der Waals surface area contributed by atoms with Crippen LogP contribution in [-0.2, 0) is 0 Å². The van der Waals surface area contributed by atoms with E-state index in [0.29, 0.717) is 13.7 Å². The van der Waals surface area contributed by atoms with E-state index in [0.717, 1.165) is 0 Å². The molecule has 0 amide bonds. The molecule has 0 aliphatic carbocycles. The molecule has 0 saturated carbocycles. The van der Waals surface area contributed by atoms with Gasteiger partial charge < -0.3 is 5.14 Å². The number of nitrogens with one attached hydrogen (secondary N) is 1.